The van der Waals surface area contributed by atoms with E-state index in [0.29, 0.717) is 13.0 Å². The van der Waals surface area contributed by atoms with E-state index in [1.165, 1.54) is 12.1 Å². The molecule has 0 heterocycles. The number of hydrogen-bond acceptors (Lipinski definition) is 4. The van der Waals surface area contributed by atoms with Crippen molar-refractivity contribution in [1.82, 2.24) is 5.32 Å². The number of nitrogens with two attached hydrogens (primary N) is 1. The molecule has 0 fully saturated rings. The van der Waals surface area contributed by atoms with Crippen LogP contribution in [0.2, 0.25) is 0 Å². The lowest BCUT2D eigenvalue weighted by Crippen LogP contribution is -2.29. The first-order chi connectivity index (χ1) is 11.7. The molecule has 134 valence electrons. The molecule has 0 radical (unpaired) electrons. The highest BCUT2D eigenvalue weighted by molar-refractivity contribution is 7.89. The fourth-order valence-electron chi connectivity index (χ4n) is 2.53. The summed E-state index contributed by atoms with van der Waals surface area (Å²) in [5, 5.41) is 11.0. The van der Waals surface area contributed by atoms with Gasteiger partial charge in [0.15, 0.2) is 0 Å². The molecular formula is C18H23N3O3S. The number of amides is 1. The highest BCUT2D eigenvalue weighted by Gasteiger charge is 2.07. The van der Waals surface area contributed by atoms with Gasteiger partial charge in [0.2, 0.25) is 15.9 Å². The largest absolute Gasteiger partial charge is 0.325 e. The summed E-state index contributed by atoms with van der Waals surface area (Å²) in [6.07, 6.45) is 0.682. The van der Waals surface area contributed by atoms with Gasteiger partial charge in [-0.15, -0.1) is 0 Å². The van der Waals surface area contributed by atoms with Gasteiger partial charge in [-0.3, -0.25) is 4.79 Å². The first kappa shape index (κ1) is 19.1. The normalized spacial score (nSPS) is 11.3. The van der Waals surface area contributed by atoms with Crippen molar-refractivity contribution in [2.24, 2.45) is 5.14 Å². The Morgan fingerprint density at radius 1 is 1.04 bits per heavy atom. The van der Waals surface area contributed by atoms with E-state index in [1.807, 2.05) is 26.0 Å². The van der Waals surface area contributed by atoms with Gasteiger partial charge >= 0.3 is 0 Å². The zero-order chi connectivity index (χ0) is 18.4. The van der Waals surface area contributed by atoms with E-state index >= 15 is 0 Å². The van der Waals surface area contributed by atoms with Crippen LogP contribution in [0.15, 0.2) is 47.4 Å². The van der Waals surface area contributed by atoms with Gasteiger partial charge < -0.3 is 10.6 Å². The van der Waals surface area contributed by atoms with Gasteiger partial charge in [0.05, 0.1) is 11.4 Å². The summed E-state index contributed by atoms with van der Waals surface area (Å²) in [6.45, 7) is 4.79. The van der Waals surface area contributed by atoms with Crippen molar-refractivity contribution in [2.75, 3.05) is 18.4 Å². The number of aryl methyl sites for hydroxylation is 2. The van der Waals surface area contributed by atoms with Gasteiger partial charge in [-0.2, -0.15) is 0 Å². The van der Waals surface area contributed by atoms with Crippen LogP contribution >= 0.6 is 0 Å². The predicted molar refractivity (Wildman–Crippen MR) is 98.9 cm³/mol. The number of primary sulfonamides is 1. The summed E-state index contributed by atoms with van der Waals surface area (Å²) in [5.74, 6) is -0.102. The smallest absolute Gasteiger partial charge is 0.238 e. The SMILES string of the molecule is Cc1cc(C)cc(NC(=O)CNCCc2ccc(S(N)(=O)=O)cc2)c1. The molecule has 0 unspecified atom stereocenters. The van der Waals surface area contributed by atoms with E-state index in [0.717, 1.165) is 22.4 Å². The van der Waals surface area contributed by atoms with E-state index in [-0.39, 0.29) is 17.3 Å². The number of carbonyl (C=O) groups is 1. The van der Waals surface area contributed by atoms with Crippen LogP contribution in [-0.4, -0.2) is 27.4 Å². The Hall–Kier alpha value is -2.22. The highest BCUT2D eigenvalue weighted by atomic mass is 32.2. The van der Waals surface area contributed by atoms with Crippen molar-refractivity contribution in [3.8, 4) is 0 Å². The van der Waals surface area contributed by atoms with Gasteiger partial charge in [-0.1, -0.05) is 18.2 Å². The van der Waals surface area contributed by atoms with E-state index in [9.17, 15) is 13.2 Å². The first-order valence-corrected chi connectivity index (χ1v) is 9.49. The van der Waals surface area contributed by atoms with Crippen molar-refractivity contribution in [1.29, 1.82) is 0 Å². The van der Waals surface area contributed by atoms with Gasteiger partial charge in [0.1, 0.15) is 0 Å². The molecule has 0 spiro atoms. The van der Waals surface area contributed by atoms with Crippen molar-refractivity contribution < 1.29 is 13.2 Å². The molecule has 0 saturated heterocycles. The van der Waals surface area contributed by atoms with Crippen molar-refractivity contribution in [2.45, 2.75) is 25.2 Å². The third-order valence-electron chi connectivity index (χ3n) is 3.63. The van der Waals surface area contributed by atoms with Crippen molar-refractivity contribution in [3.63, 3.8) is 0 Å². The number of anilines is 1. The summed E-state index contributed by atoms with van der Waals surface area (Å²) >= 11 is 0. The summed E-state index contributed by atoms with van der Waals surface area (Å²) in [5.41, 5.74) is 3.97. The maximum atomic E-state index is 11.9. The molecule has 0 atom stereocenters. The van der Waals surface area contributed by atoms with Crippen LogP contribution in [0.1, 0.15) is 16.7 Å². The molecule has 0 bridgehead atoms. The molecule has 1 amide bonds. The van der Waals surface area contributed by atoms with Crippen LogP contribution in [0.4, 0.5) is 5.69 Å². The zero-order valence-electron chi connectivity index (χ0n) is 14.4. The maximum Gasteiger partial charge on any atom is 0.238 e. The molecule has 6 nitrogen and oxygen atoms in total. The number of sulfonamides is 1. The molecule has 4 N–H and O–H groups in total. The molecule has 0 aliphatic carbocycles. The molecule has 0 aliphatic heterocycles. The van der Waals surface area contributed by atoms with Gasteiger partial charge in [-0.05, 0) is 67.8 Å². The van der Waals surface area contributed by atoms with Crippen molar-refractivity contribution >= 4 is 21.6 Å². The zero-order valence-corrected chi connectivity index (χ0v) is 15.2. The second-order valence-electron chi connectivity index (χ2n) is 6.04. The molecule has 2 aromatic carbocycles. The lowest BCUT2D eigenvalue weighted by Gasteiger charge is -2.09. The topological polar surface area (TPSA) is 101 Å². The third kappa shape index (κ3) is 6.30. The van der Waals surface area contributed by atoms with Crippen LogP contribution < -0.4 is 15.8 Å². The molecule has 0 saturated carbocycles. The summed E-state index contributed by atoms with van der Waals surface area (Å²) in [7, 11) is -3.66. The minimum Gasteiger partial charge on any atom is -0.325 e. The van der Waals surface area contributed by atoms with E-state index < -0.39 is 10.0 Å². The summed E-state index contributed by atoms with van der Waals surface area (Å²) < 4.78 is 22.4. The van der Waals surface area contributed by atoms with Gasteiger partial charge in [0, 0.05) is 5.69 Å². The van der Waals surface area contributed by atoms with Crippen LogP contribution in [0.5, 0.6) is 0 Å². The van der Waals surface area contributed by atoms with E-state index in [1.54, 1.807) is 12.1 Å². The monoisotopic (exact) mass is 361 g/mol. The molecule has 2 rings (SSSR count). The Bertz CT molecular complexity index is 826. The molecule has 7 heteroatoms. The van der Waals surface area contributed by atoms with E-state index in [4.69, 9.17) is 5.14 Å². The molecule has 0 aliphatic rings. The number of nitrogens with one attached hydrogen (secondary N) is 2. The molecular weight excluding hydrogens is 338 g/mol. The minimum atomic E-state index is -3.66. The molecule has 25 heavy (non-hydrogen) atoms. The summed E-state index contributed by atoms with van der Waals surface area (Å²) in [6, 6.07) is 12.3. The van der Waals surface area contributed by atoms with Gasteiger partial charge in [0.25, 0.3) is 0 Å². The average Bonchev–Trinajstić information content (AvgIpc) is 2.50. The van der Waals surface area contributed by atoms with Crippen LogP contribution in [0.3, 0.4) is 0 Å². The Balaban J connectivity index is 1.76. The fraction of sp³-hybridized carbons (Fsp3) is 0.278. The number of rotatable bonds is 7. The van der Waals surface area contributed by atoms with Crippen LogP contribution in [-0.2, 0) is 21.2 Å². The minimum absolute atomic E-state index is 0.0945. The Labute approximate surface area is 148 Å². The second-order valence-corrected chi connectivity index (χ2v) is 7.60. The van der Waals surface area contributed by atoms with Crippen molar-refractivity contribution in [3.05, 3.63) is 59.2 Å². The second kappa shape index (κ2) is 8.24. The average molecular weight is 361 g/mol. The van der Waals surface area contributed by atoms with Crippen LogP contribution in [0.25, 0.3) is 0 Å². The standard InChI is InChI=1S/C18H23N3O3S/c1-13-9-14(2)11-16(10-13)21-18(22)12-20-8-7-15-3-5-17(6-4-15)25(19,23)24/h3-6,9-11,20H,7-8,12H2,1-2H3,(H,21,22)(H2,19,23,24). The fourth-order valence-corrected chi connectivity index (χ4v) is 3.05. The maximum absolute atomic E-state index is 11.9. The molecule has 2 aromatic rings. The number of benzene rings is 2. The lowest BCUT2D eigenvalue weighted by atomic mass is 10.1. The quantitative estimate of drug-likeness (QED) is 0.654. The van der Waals surface area contributed by atoms with E-state index in [2.05, 4.69) is 16.7 Å². The Morgan fingerprint density at radius 2 is 1.64 bits per heavy atom. The third-order valence-corrected chi connectivity index (χ3v) is 4.56. The summed E-state index contributed by atoms with van der Waals surface area (Å²) in [4.78, 5) is 12.0. The van der Waals surface area contributed by atoms with Crippen LogP contribution in [0, 0.1) is 13.8 Å². The Kier molecular flexibility index (Phi) is 6.30. The first-order valence-electron chi connectivity index (χ1n) is 7.94. The molecule has 0 aromatic heterocycles. The van der Waals surface area contributed by atoms with Gasteiger partial charge in [-0.25, -0.2) is 13.6 Å². The highest BCUT2D eigenvalue weighted by Crippen LogP contribution is 2.13. The Morgan fingerprint density at radius 3 is 2.20 bits per heavy atom. The lowest BCUT2D eigenvalue weighted by molar-refractivity contribution is -0.115. The number of hydrogen-bond donors (Lipinski definition) is 3. The predicted octanol–water partition coefficient (Wildman–Crippen LogP) is 1.72. The number of carbonyl (C=O) groups excluding carboxylic acids is 1.